The third-order valence-corrected chi connectivity index (χ3v) is 3.43. The van der Waals surface area contributed by atoms with Gasteiger partial charge in [0.1, 0.15) is 5.82 Å². The average Bonchev–Trinajstić information content (AvgIpc) is 2.32. The minimum atomic E-state index is -0.634. The Morgan fingerprint density at radius 3 is 2.56 bits per heavy atom. The lowest BCUT2D eigenvalue weighted by molar-refractivity contribution is 0.127. The van der Waals surface area contributed by atoms with Gasteiger partial charge >= 0.3 is 0 Å². The molecule has 0 fully saturated rings. The van der Waals surface area contributed by atoms with E-state index in [1.807, 2.05) is 0 Å². The van der Waals surface area contributed by atoms with Crippen molar-refractivity contribution in [3.63, 3.8) is 0 Å². The summed E-state index contributed by atoms with van der Waals surface area (Å²) in [5.41, 5.74) is 6.07. The quantitative estimate of drug-likeness (QED) is 0.835. The molecule has 2 atom stereocenters. The fourth-order valence-corrected chi connectivity index (χ4v) is 2.19. The molecule has 0 aliphatic rings. The molecule has 3 N–H and O–H groups in total. The minimum absolute atomic E-state index is 0.0713. The van der Waals surface area contributed by atoms with Crippen molar-refractivity contribution in [1.29, 1.82) is 0 Å². The molecule has 0 amide bonds. The van der Waals surface area contributed by atoms with Crippen LogP contribution in [-0.4, -0.2) is 17.8 Å². The Morgan fingerprint density at radius 1 is 1.33 bits per heavy atom. The third-order valence-electron chi connectivity index (χ3n) is 3.14. The Labute approximate surface area is 113 Å². The molecule has 0 radical (unpaired) electrons. The highest BCUT2D eigenvalue weighted by Crippen LogP contribution is 2.28. The van der Waals surface area contributed by atoms with E-state index in [2.05, 4.69) is 13.8 Å². The second-order valence-corrected chi connectivity index (χ2v) is 5.43. The van der Waals surface area contributed by atoms with Gasteiger partial charge in [0, 0.05) is 12.5 Å². The lowest BCUT2D eigenvalue weighted by atomic mass is 9.89. The summed E-state index contributed by atoms with van der Waals surface area (Å²) >= 11 is 5.75. The summed E-state index contributed by atoms with van der Waals surface area (Å²) in [5.74, 6) is -0.372. The maximum atomic E-state index is 13.9. The first-order valence-corrected chi connectivity index (χ1v) is 6.67. The monoisotopic (exact) mass is 273 g/mol. The summed E-state index contributed by atoms with van der Waals surface area (Å²) in [6.45, 7) is 4.38. The summed E-state index contributed by atoms with van der Waals surface area (Å²) in [7, 11) is 0. The highest BCUT2D eigenvalue weighted by molar-refractivity contribution is 6.30. The normalized spacial score (nSPS) is 14.8. The highest BCUT2D eigenvalue weighted by atomic mass is 35.5. The number of rotatable bonds is 6. The van der Waals surface area contributed by atoms with E-state index in [4.69, 9.17) is 17.3 Å². The van der Waals surface area contributed by atoms with Gasteiger partial charge < -0.3 is 10.8 Å². The molecule has 18 heavy (non-hydrogen) atoms. The Kier molecular flexibility index (Phi) is 6.06. The maximum Gasteiger partial charge on any atom is 0.145 e. The first-order chi connectivity index (χ1) is 8.47. The van der Waals surface area contributed by atoms with Crippen molar-refractivity contribution in [2.24, 2.45) is 11.7 Å². The van der Waals surface area contributed by atoms with Crippen molar-refractivity contribution in [3.8, 4) is 0 Å². The second-order valence-electron chi connectivity index (χ2n) is 5.02. The van der Waals surface area contributed by atoms with Gasteiger partial charge in [0.15, 0.2) is 0 Å². The summed E-state index contributed by atoms with van der Waals surface area (Å²) < 4.78 is 13.9. The Hall–Kier alpha value is -0.640. The van der Waals surface area contributed by atoms with E-state index >= 15 is 0 Å². The molecule has 0 saturated heterocycles. The van der Waals surface area contributed by atoms with Gasteiger partial charge in [0.2, 0.25) is 0 Å². The molecule has 1 aromatic carbocycles. The van der Waals surface area contributed by atoms with Crippen LogP contribution in [0, 0.1) is 11.7 Å². The van der Waals surface area contributed by atoms with Crippen LogP contribution in [0.25, 0.3) is 0 Å². The molecule has 1 aromatic rings. The summed E-state index contributed by atoms with van der Waals surface area (Å²) in [6.07, 6.45) is 0.871. The lowest BCUT2D eigenvalue weighted by Gasteiger charge is -2.23. The van der Waals surface area contributed by atoms with Crippen molar-refractivity contribution in [3.05, 3.63) is 34.6 Å². The van der Waals surface area contributed by atoms with Crippen LogP contribution < -0.4 is 5.73 Å². The Bertz CT molecular complexity index is 384. The first-order valence-electron chi connectivity index (χ1n) is 6.29. The van der Waals surface area contributed by atoms with E-state index in [1.54, 1.807) is 12.1 Å². The zero-order valence-corrected chi connectivity index (χ0v) is 11.6. The van der Waals surface area contributed by atoms with Crippen molar-refractivity contribution >= 4 is 11.6 Å². The van der Waals surface area contributed by atoms with Crippen LogP contribution in [0.5, 0.6) is 0 Å². The lowest BCUT2D eigenvalue weighted by Crippen LogP contribution is -2.27. The van der Waals surface area contributed by atoms with E-state index in [0.29, 0.717) is 17.9 Å². The number of halogens is 2. The van der Waals surface area contributed by atoms with Crippen LogP contribution in [0.1, 0.15) is 38.2 Å². The van der Waals surface area contributed by atoms with Crippen molar-refractivity contribution in [2.75, 3.05) is 6.54 Å². The molecule has 0 aromatic heterocycles. The van der Waals surface area contributed by atoms with Gasteiger partial charge in [-0.2, -0.15) is 0 Å². The topological polar surface area (TPSA) is 46.2 Å². The molecule has 2 unspecified atom stereocenters. The predicted molar refractivity (Wildman–Crippen MR) is 73.3 cm³/mol. The van der Waals surface area contributed by atoms with E-state index in [0.717, 1.165) is 6.42 Å². The number of hydrogen-bond acceptors (Lipinski definition) is 2. The third kappa shape index (κ3) is 3.94. The molecule has 0 spiro atoms. The number of aliphatic hydroxyl groups excluding tert-OH is 1. The van der Waals surface area contributed by atoms with Crippen LogP contribution in [-0.2, 0) is 0 Å². The Morgan fingerprint density at radius 2 is 2.00 bits per heavy atom. The Balaban J connectivity index is 2.85. The molecule has 2 nitrogen and oxygen atoms in total. The van der Waals surface area contributed by atoms with E-state index in [-0.39, 0.29) is 11.6 Å². The highest BCUT2D eigenvalue weighted by Gasteiger charge is 2.23. The summed E-state index contributed by atoms with van der Waals surface area (Å²) in [4.78, 5) is 0. The number of benzene rings is 1. The fourth-order valence-electron chi connectivity index (χ4n) is 2.00. The standard InChI is InChI=1S/C14H21ClFNO/c1-9(2)6-7-13(18)11(8-17)10-4-3-5-12(15)14(10)16/h3-5,9,11,13,18H,6-8,17H2,1-2H3. The predicted octanol–water partition coefficient (Wildman–Crippen LogP) is 3.32. The van der Waals surface area contributed by atoms with Crippen LogP contribution in [0.2, 0.25) is 5.02 Å². The van der Waals surface area contributed by atoms with E-state index in [9.17, 15) is 9.50 Å². The molecule has 0 aliphatic carbocycles. The van der Waals surface area contributed by atoms with E-state index < -0.39 is 17.8 Å². The average molecular weight is 274 g/mol. The number of hydrogen-bond donors (Lipinski definition) is 2. The maximum absolute atomic E-state index is 13.9. The number of aliphatic hydroxyl groups is 1. The van der Waals surface area contributed by atoms with Gasteiger partial charge in [0.05, 0.1) is 11.1 Å². The summed E-state index contributed by atoms with van der Waals surface area (Å²) in [6, 6.07) is 4.81. The zero-order valence-electron chi connectivity index (χ0n) is 10.9. The molecule has 102 valence electrons. The first kappa shape index (κ1) is 15.4. The largest absolute Gasteiger partial charge is 0.392 e. The molecular weight excluding hydrogens is 253 g/mol. The molecule has 1 rings (SSSR count). The van der Waals surface area contributed by atoms with Gasteiger partial charge in [-0.05, 0) is 30.4 Å². The van der Waals surface area contributed by atoms with Crippen molar-refractivity contribution in [1.82, 2.24) is 0 Å². The van der Waals surface area contributed by atoms with Crippen molar-refractivity contribution < 1.29 is 9.50 Å². The van der Waals surface area contributed by atoms with Crippen molar-refractivity contribution in [2.45, 2.75) is 38.7 Å². The van der Waals surface area contributed by atoms with Gasteiger partial charge in [-0.15, -0.1) is 0 Å². The van der Waals surface area contributed by atoms with Crippen LogP contribution in [0.3, 0.4) is 0 Å². The van der Waals surface area contributed by atoms with Gasteiger partial charge in [-0.3, -0.25) is 0 Å². The van der Waals surface area contributed by atoms with Crippen LogP contribution >= 0.6 is 11.6 Å². The molecule has 0 bridgehead atoms. The zero-order chi connectivity index (χ0) is 13.7. The van der Waals surface area contributed by atoms with Gasteiger partial charge in [-0.1, -0.05) is 37.6 Å². The SMILES string of the molecule is CC(C)CCC(O)C(CN)c1cccc(Cl)c1F. The minimum Gasteiger partial charge on any atom is -0.392 e. The molecule has 4 heteroatoms. The molecular formula is C14H21ClFNO. The number of nitrogens with two attached hydrogens (primary N) is 1. The molecule has 0 saturated carbocycles. The van der Waals surface area contributed by atoms with Crippen LogP contribution in [0.15, 0.2) is 18.2 Å². The van der Waals surface area contributed by atoms with Crippen LogP contribution in [0.4, 0.5) is 4.39 Å². The second kappa shape index (κ2) is 7.07. The summed E-state index contributed by atoms with van der Waals surface area (Å²) in [5, 5.41) is 10.2. The molecule has 0 heterocycles. The molecule has 0 aliphatic heterocycles. The van der Waals surface area contributed by atoms with E-state index in [1.165, 1.54) is 6.07 Å². The van der Waals surface area contributed by atoms with Gasteiger partial charge in [-0.25, -0.2) is 4.39 Å². The smallest absolute Gasteiger partial charge is 0.145 e. The fraction of sp³-hybridized carbons (Fsp3) is 0.571. The van der Waals surface area contributed by atoms with Gasteiger partial charge in [0.25, 0.3) is 0 Å².